The average molecular weight is 503 g/mol. The van der Waals surface area contributed by atoms with Crippen LogP contribution >= 0.6 is 0 Å². The molecule has 1 aliphatic rings. The summed E-state index contributed by atoms with van der Waals surface area (Å²) in [6, 6.07) is 12.2. The number of hydrogen-bond donors (Lipinski definition) is 0. The molecule has 0 N–H and O–H groups in total. The van der Waals surface area contributed by atoms with E-state index in [-0.39, 0.29) is 12.6 Å². The highest BCUT2D eigenvalue weighted by Gasteiger charge is 2.26. The first-order chi connectivity index (χ1) is 16.9. The summed E-state index contributed by atoms with van der Waals surface area (Å²) in [4.78, 5) is 15.7. The summed E-state index contributed by atoms with van der Waals surface area (Å²) in [7, 11) is 1.47. The van der Waals surface area contributed by atoms with Crippen molar-refractivity contribution in [1.82, 2.24) is 4.90 Å². The van der Waals surface area contributed by atoms with Crippen LogP contribution in [-0.2, 0) is 22.6 Å². The molecule has 8 nitrogen and oxygen atoms in total. The van der Waals surface area contributed by atoms with Crippen LogP contribution in [0.5, 0.6) is 5.75 Å². The number of methoxy groups -OCH3 is 1. The molecule has 0 bridgehead atoms. The van der Waals surface area contributed by atoms with Crippen LogP contribution in [0.15, 0.2) is 36.4 Å². The lowest BCUT2D eigenvalue weighted by Crippen LogP contribution is -2.49. The predicted octanol–water partition coefficient (Wildman–Crippen LogP) is 4.06. The molecule has 1 fully saturated rings. The van der Waals surface area contributed by atoms with Gasteiger partial charge in [-0.3, -0.25) is 0 Å². The molecule has 0 aromatic heterocycles. The van der Waals surface area contributed by atoms with Gasteiger partial charge < -0.3 is 23.8 Å². The molecule has 2 aromatic carbocycles. The second-order valence-electron chi connectivity index (χ2n) is 8.01. The Morgan fingerprint density at radius 2 is 1.94 bits per heavy atom. The first kappa shape index (κ1) is 26.4. The van der Waals surface area contributed by atoms with Crippen LogP contribution in [0.1, 0.15) is 31.4 Å². The van der Waals surface area contributed by atoms with Gasteiger partial charge in [0.1, 0.15) is 23.4 Å². The van der Waals surface area contributed by atoms with E-state index < -0.39 is 17.2 Å². The Morgan fingerprint density at radius 3 is 2.54 bits per heavy atom. The predicted molar refractivity (Wildman–Crippen MR) is 134 cm³/mol. The number of halogens is 1. The molecule has 0 saturated carbocycles. The first-order valence-electron chi connectivity index (χ1n) is 11.6. The maximum Gasteiger partial charge on any atom is 0.409 e. The Hall–Kier alpha value is -3.16. The van der Waals surface area contributed by atoms with Crippen molar-refractivity contribution in [3.05, 3.63) is 53.3 Å². The zero-order valence-corrected chi connectivity index (χ0v) is 21.1. The van der Waals surface area contributed by atoms with Crippen molar-refractivity contribution < 1.29 is 23.2 Å². The van der Waals surface area contributed by atoms with Gasteiger partial charge in [0.15, 0.2) is 0 Å². The molecule has 3 rings (SSSR count). The minimum Gasteiger partial charge on any atom is -0.593 e. The third-order valence-corrected chi connectivity index (χ3v) is 7.32. The van der Waals surface area contributed by atoms with E-state index in [2.05, 4.69) is 11.0 Å². The first-order valence-corrected chi connectivity index (χ1v) is 12.9. The molecule has 1 heterocycles. The molecule has 1 saturated heterocycles. The van der Waals surface area contributed by atoms with E-state index in [0.717, 1.165) is 5.69 Å². The lowest BCUT2D eigenvalue weighted by atomic mass is 10.1. The van der Waals surface area contributed by atoms with E-state index in [0.29, 0.717) is 67.5 Å². The fourth-order valence-corrected chi connectivity index (χ4v) is 5.09. The van der Waals surface area contributed by atoms with E-state index in [9.17, 15) is 19.0 Å². The molecular weight excluding hydrogens is 471 g/mol. The second-order valence-corrected chi connectivity index (χ2v) is 9.50. The van der Waals surface area contributed by atoms with Gasteiger partial charge >= 0.3 is 6.09 Å². The van der Waals surface area contributed by atoms with Crippen molar-refractivity contribution in [2.24, 2.45) is 0 Å². The summed E-state index contributed by atoms with van der Waals surface area (Å²) < 4.78 is 39.5. The number of amides is 1. The lowest BCUT2D eigenvalue weighted by molar-refractivity contribution is 0.105. The minimum absolute atomic E-state index is 0.0882. The maximum atomic E-state index is 14.7. The molecule has 0 aliphatic carbocycles. The largest absolute Gasteiger partial charge is 0.593 e. The van der Waals surface area contributed by atoms with Crippen molar-refractivity contribution >= 4 is 28.8 Å². The van der Waals surface area contributed by atoms with Crippen molar-refractivity contribution in [3.8, 4) is 11.8 Å². The fourth-order valence-electron chi connectivity index (χ4n) is 3.89. The fraction of sp³-hybridized carbons (Fsp3) is 0.440. The Bertz CT molecular complexity index is 1060. The van der Waals surface area contributed by atoms with E-state index in [1.165, 1.54) is 13.2 Å². The molecule has 0 radical (unpaired) electrons. The number of rotatable bonds is 9. The smallest absolute Gasteiger partial charge is 0.409 e. The van der Waals surface area contributed by atoms with E-state index in [1.54, 1.807) is 34.3 Å². The van der Waals surface area contributed by atoms with Gasteiger partial charge in [0.25, 0.3) is 0 Å². The summed E-state index contributed by atoms with van der Waals surface area (Å²) >= 11 is -1.40. The summed E-state index contributed by atoms with van der Waals surface area (Å²) in [6.07, 6.45) is 0.366. The summed E-state index contributed by atoms with van der Waals surface area (Å²) in [6.45, 7) is 6.24. The molecular formula is C25H31FN4O4S. The standard InChI is InChI=1S/C25H31FN4O4S/c1-4-14-35(32)30(18-19-6-8-22(33-3)16-23(19)26)21-7-9-24(20(15-21)17-27)28-10-12-29(13-11-28)25(31)34-5-2/h6-9,15-16H,4-5,10-14,18H2,1-3H3. The molecule has 1 amide bonds. The molecule has 1 aliphatic heterocycles. The zero-order chi connectivity index (χ0) is 25.4. The van der Waals surface area contributed by atoms with Crippen molar-refractivity contribution in [2.45, 2.75) is 26.8 Å². The van der Waals surface area contributed by atoms with Gasteiger partial charge in [0, 0.05) is 37.8 Å². The molecule has 2 aromatic rings. The lowest BCUT2D eigenvalue weighted by Gasteiger charge is -2.36. The number of nitrogens with zero attached hydrogens (tertiary/aromatic N) is 4. The normalized spacial score (nSPS) is 14.3. The Balaban J connectivity index is 1.83. The number of hydrogen-bond acceptors (Lipinski definition) is 7. The van der Waals surface area contributed by atoms with Gasteiger partial charge in [-0.15, -0.1) is 0 Å². The quantitative estimate of drug-likeness (QED) is 0.478. The van der Waals surface area contributed by atoms with E-state index in [1.807, 2.05) is 19.1 Å². The van der Waals surface area contributed by atoms with Gasteiger partial charge in [-0.1, -0.05) is 13.0 Å². The highest BCUT2D eigenvalue weighted by atomic mass is 32.2. The number of benzene rings is 2. The van der Waals surface area contributed by atoms with Gasteiger partial charge in [-0.25, -0.2) is 9.18 Å². The minimum atomic E-state index is -1.40. The van der Waals surface area contributed by atoms with Gasteiger partial charge in [0.2, 0.25) is 0 Å². The van der Waals surface area contributed by atoms with Crippen LogP contribution in [0.25, 0.3) is 0 Å². The molecule has 1 atom stereocenters. The highest BCUT2D eigenvalue weighted by Crippen LogP contribution is 2.30. The van der Waals surface area contributed by atoms with Gasteiger partial charge in [-0.2, -0.15) is 9.57 Å². The van der Waals surface area contributed by atoms with Crippen LogP contribution < -0.4 is 13.9 Å². The number of ether oxygens (including phenoxy) is 2. The van der Waals surface area contributed by atoms with Crippen molar-refractivity contribution in [1.29, 1.82) is 5.26 Å². The Morgan fingerprint density at radius 1 is 1.20 bits per heavy atom. The summed E-state index contributed by atoms with van der Waals surface area (Å²) in [5.41, 5.74) is 2.14. The van der Waals surface area contributed by atoms with Crippen LogP contribution in [0.3, 0.4) is 0 Å². The number of anilines is 2. The zero-order valence-electron chi connectivity index (χ0n) is 20.3. The van der Waals surface area contributed by atoms with Crippen molar-refractivity contribution in [3.63, 3.8) is 0 Å². The molecule has 1 unspecified atom stereocenters. The average Bonchev–Trinajstić information content (AvgIpc) is 2.88. The van der Waals surface area contributed by atoms with Crippen LogP contribution in [0, 0.1) is 17.1 Å². The van der Waals surface area contributed by atoms with Crippen molar-refractivity contribution in [2.75, 3.05) is 54.9 Å². The number of piperazine rings is 1. The van der Waals surface area contributed by atoms with Gasteiger partial charge in [0.05, 0.1) is 48.6 Å². The highest BCUT2D eigenvalue weighted by molar-refractivity contribution is 7.92. The topological polar surface area (TPSA) is 92.1 Å². The summed E-state index contributed by atoms with van der Waals surface area (Å²) in [5.74, 6) is 0.378. The molecule has 188 valence electrons. The second kappa shape index (κ2) is 12.5. The van der Waals surface area contributed by atoms with Crippen LogP contribution in [0.2, 0.25) is 0 Å². The molecule has 35 heavy (non-hydrogen) atoms. The Labute approximate surface area is 209 Å². The van der Waals surface area contributed by atoms with E-state index in [4.69, 9.17) is 9.47 Å². The molecule has 10 heteroatoms. The summed E-state index contributed by atoms with van der Waals surface area (Å²) in [5, 5.41) is 9.87. The molecule has 0 spiro atoms. The third-order valence-electron chi connectivity index (χ3n) is 5.73. The van der Waals surface area contributed by atoms with E-state index >= 15 is 0 Å². The maximum absolute atomic E-state index is 14.7. The van der Waals surface area contributed by atoms with Crippen LogP contribution in [0.4, 0.5) is 20.6 Å². The van der Waals surface area contributed by atoms with Gasteiger partial charge in [-0.05, 0) is 37.6 Å². The SMILES string of the molecule is CCC[S+]([O-])N(Cc1ccc(OC)cc1F)c1ccc(N2CCN(C(=O)OCC)CC2)c(C#N)c1. The number of carbonyl (C=O) groups excluding carboxylic acids is 1. The number of carbonyl (C=O) groups is 1. The third kappa shape index (κ3) is 6.50. The monoisotopic (exact) mass is 502 g/mol. The Kier molecular flexibility index (Phi) is 9.46. The number of nitriles is 1. The van der Waals surface area contributed by atoms with Crippen LogP contribution in [-0.4, -0.2) is 61.2 Å².